The van der Waals surface area contributed by atoms with Crippen LogP contribution in [0.15, 0.2) is 16.7 Å². The molecule has 1 aliphatic heterocycles. The van der Waals surface area contributed by atoms with Gasteiger partial charge in [0.1, 0.15) is 11.4 Å². The van der Waals surface area contributed by atoms with E-state index < -0.39 is 5.92 Å². The molecular formula is C22H27F2N5O3. The van der Waals surface area contributed by atoms with Gasteiger partial charge in [-0.3, -0.25) is 4.79 Å². The number of rotatable bonds is 9. The first-order valence-corrected chi connectivity index (χ1v) is 11.1. The third kappa shape index (κ3) is 4.54. The molecule has 2 aromatic heterocycles. The third-order valence-electron chi connectivity index (χ3n) is 6.28. The summed E-state index contributed by atoms with van der Waals surface area (Å²) in [7, 11) is 1.71. The number of amides is 1. The largest absolute Gasteiger partial charge is 0.476 e. The highest BCUT2D eigenvalue weighted by atomic mass is 19.3. The molecule has 32 heavy (non-hydrogen) atoms. The lowest BCUT2D eigenvalue weighted by Crippen LogP contribution is -2.56. The summed E-state index contributed by atoms with van der Waals surface area (Å²) in [4.78, 5) is 25.2. The molecular weight excluding hydrogens is 420 g/mol. The topological polar surface area (TPSA) is 84.6 Å². The van der Waals surface area contributed by atoms with Crippen molar-refractivity contribution in [1.82, 2.24) is 20.0 Å². The normalized spacial score (nSPS) is 20.6. The number of hydrogen-bond donors (Lipinski definition) is 0. The fourth-order valence-electron chi connectivity index (χ4n) is 3.94. The van der Waals surface area contributed by atoms with Crippen LogP contribution in [0.2, 0.25) is 0 Å². The van der Waals surface area contributed by atoms with Gasteiger partial charge in [-0.15, -0.1) is 0 Å². The molecule has 0 spiro atoms. The first kappa shape index (κ1) is 21.1. The molecule has 1 atom stereocenters. The number of aryl methyl sites for hydroxylation is 1. The molecule has 2 aliphatic carbocycles. The Hall–Kier alpha value is -2.78. The van der Waals surface area contributed by atoms with Gasteiger partial charge in [0.25, 0.3) is 11.8 Å². The van der Waals surface area contributed by atoms with Crippen LogP contribution in [0, 0.1) is 18.8 Å². The zero-order chi connectivity index (χ0) is 22.5. The Balaban J connectivity index is 1.38. The molecule has 1 saturated heterocycles. The van der Waals surface area contributed by atoms with Gasteiger partial charge in [0.05, 0.1) is 25.7 Å². The van der Waals surface area contributed by atoms with E-state index in [-0.39, 0.29) is 36.6 Å². The minimum absolute atomic E-state index is 0.204. The van der Waals surface area contributed by atoms with Crippen LogP contribution in [0.25, 0.3) is 0 Å². The van der Waals surface area contributed by atoms with Crippen molar-refractivity contribution in [2.75, 3.05) is 31.6 Å². The Kier molecular flexibility index (Phi) is 5.25. The summed E-state index contributed by atoms with van der Waals surface area (Å²) in [6, 6.07) is 2.91. The maximum absolute atomic E-state index is 13.4. The van der Waals surface area contributed by atoms with Gasteiger partial charge in [-0.25, -0.2) is 13.8 Å². The summed E-state index contributed by atoms with van der Waals surface area (Å²) in [5.41, 5.74) is 0.703. The number of halogens is 2. The number of pyridine rings is 1. The molecule has 3 fully saturated rings. The van der Waals surface area contributed by atoms with E-state index in [4.69, 9.17) is 9.26 Å². The fraction of sp³-hybridized carbons (Fsp3) is 0.636. The van der Waals surface area contributed by atoms with Crippen molar-refractivity contribution < 1.29 is 22.8 Å². The lowest BCUT2D eigenvalue weighted by molar-refractivity contribution is -0.0265. The zero-order valence-electron chi connectivity index (χ0n) is 18.3. The number of hydrogen-bond acceptors (Lipinski definition) is 7. The van der Waals surface area contributed by atoms with Crippen molar-refractivity contribution in [2.24, 2.45) is 11.8 Å². The van der Waals surface area contributed by atoms with Crippen molar-refractivity contribution in [3.05, 3.63) is 29.5 Å². The van der Waals surface area contributed by atoms with Crippen molar-refractivity contribution in [2.45, 2.75) is 51.0 Å². The second-order valence-corrected chi connectivity index (χ2v) is 9.27. The maximum atomic E-state index is 13.4. The number of carbonyl (C=O) groups excluding carboxylic acids is 1. The Morgan fingerprint density at radius 2 is 1.97 bits per heavy atom. The number of anilines is 1. The van der Waals surface area contributed by atoms with Gasteiger partial charge in [-0.05, 0) is 43.2 Å². The van der Waals surface area contributed by atoms with Crippen LogP contribution in [0.5, 0.6) is 5.88 Å². The van der Waals surface area contributed by atoms with E-state index in [2.05, 4.69) is 15.1 Å². The first-order chi connectivity index (χ1) is 15.3. The number of nitrogens with zero attached hydrogens (tertiary/aromatic N) is 5. The van der Waals surface area contributed by atoms with Gasteiger partial charge in [0.2, 0.25) is 11.8 Å². The maximum Gasteiger partial charge on any atom is 0.282 e. The summed E-state index contributed by atoms with van der Waals surface area (Å²) in [5, 5.41) is 4.03. The molecule has 172 valence electrons. The molecule has 3 heterocycles. The van der Waals surface area contributed by atoms with Crippen molar-refractivity contribution in [3.8, 4) is 5.88 Å². The van der Waals surface area contributed by atoms with E-state index in [1.807, 2.05) is 0 Å². The molecule has 0 bridgehead atoms. The zero-order valence-corrected chi connectivity index (χ0v) is 18.3. The van der Waals surface area contributed by atoms with Crippen LogP contribution in [0.1, 0.15) is 60.3 Å². The predicted octanol–water partition coefficient (Wildman–Crippen LogP) is 3.63. The fourth-order valence-corrected chi connectivity index (χ4v) is 3.94. The minimum Gasteiger partial charge on any atom is -0.476 e. The highest BCUT2D eigenvalue weighted by Gasteiger charge is 2.45. The van der Waals surface area contributed by atoms with Crippen LogP contribution < -0.4 is 9.64 Å². The van der Waals surface area contributed by atoms with E-state index in [0.717, 1.165) is 32.1 Å². The standard InChI is InChI=1S/C22H27F2N5O3/c1-13-25-19(27-32-13)18(9-14-3-4-14)28(2)21(30)16-7-8-17(29-11-22(23,24)12-29)20(26-16)31-10-15-5-6-15/h7-8,14-15,18H,3-6,9-12H2,1-2H3/t18-/m0/s1. The molecule has 3 aliphatic rings. The van der Waals surface area contributed by atoms with E-state index in [0.29, 0.717) is 35.8 Å². The van der Waals surface area contributed by atoms with Gasteiger partial charge in [-0.1, -0.05) is 18.0 Å². The summed E-state index contributed by atoms with van der Waals surface area (Å²) >= 11 is 0. The van der Waals surface area contributed by atoms with Gasteiger partial charge in [-0.2, -0.15) is 4.98 Å². The quantitative estimate of drug-likeness (QED) is 0.580. The van der Waals surface area contributed by atoms with E-state index in [9.17, 15) is 13.6 Å². The second kappa shape index (κ2) is 7.97. The predicted molar refractivity (Wildman–Crippen MR) is 111 cm³/mol. The second-order valence-electron chi connectivity index (χ2n) is 9.27. The molecule has 10 heteroatoms. The summed E-state index contributed by atoms with van der Waals surface area (Å²) in [6.45, 7) is 1.45. The van der Waals surface area contributed by atoms with Gasteiger partial charge in [0.15, 0.2) is 5.82 Å². The molecule has 0 unspecified atom stereocenters. The molecule has 0 N–H and O–H groups in total. The third-order valence-corrected chi connectivity index (χ3v) is 6.28. The highest BCUT2D eigenvalue weighted by molar-refractivity contribution is 5.93. The SMILES string of the molecule is Cc1nc([C@H](CC2CC2)N(C)C(=O)c2ccc(N3CC(F)(F)C3)c(OCC3CC3)n2)no1. The van der Waals surface area contributed by atoms with E-state index >= 15 is 0 Å². The van der Waals surface area contributed by atoms with Crippen LogP contribution in [0.4, 0.5) is 14.5 Å². The van der Waals surface area contributed by atoms with E-state index in [1.54, 1.807) is 31.0 Å². The number of carbonyl (C=O) groups is 1. The Bertz CT molecular complexity index is 997. The number of ether oxygens (including phenoxy) is 1. The van der Waals surface area contributed by atoms with Crippen LogP contribution in [0.3, 0.4) is 0 Å². The molecule has 2 saturated carbocycles. The minimum atomic E-state index is -2.71. The van der Waals surface area contributed by atoms with E-state index in [1.165, 1.54) is 4.90 Å². The van der Waals surface area contributed by atoms with Crippen molar-refractivity contribution >= 4 is 11.6 Å². The van der Waals surface area contributed by atoms with Gasteiger partial charge >= 0.3 is 0 Å². The summed E-state index contributed by atoms with van der Waals surface area (Å²) in [6.07, 6.45) is 5.19. The smallest absolute Gasteiger partial charge is 0.282 e. The molecule has 2 aromatic rings. The monoisotopic (exact) mass is 447 g/mol. The molecule has 5 rings (SSSR count). The first-order valence-electron chi connectivity index (χ1n) is 11.1. The molecule has 0 aromatic carbocycles. The number of alkyl halides is 2. The van der Waals surface area contributed by atoms with Gasteiger partial charge < -0.3 is 19.1 Å². The molecule has 8 nitrogen and oxygen atoms in total. The lowest BCUT2D eigenvalue weighted by atomic mass is 10.1. The Morgan fingerprint density at radius 1 is 1.25 bits per heavy atom. The summed E-state index contributed by atoms with van der Waals surface area (Å²) in [5.74, 6) is -0.832. The van der Waals surface area contributed by atoms with Crippen LogP contribution in [-0.4, -0.2) is 58.6 Å². The van der Waals surface area contributed by atoms with Crippen LogP contribution >= 0.6 is 0 Å². The van der Waals surface area contributed by atoms with Crippen molar-refractivity contribution in [1.29, 1.82) is 0 Å². The average Bonchev–Trinajstić information content (AvgIpc) is 3.67. The summed E-state index contributed by atoms with van der Waals surface area (Å²) < 4.78 is 37.9. The van der Waals surface area contributed by atoms with Gasteiger partial charge in [0, 0.05) is 14.0 Å². The number of aromatic nitrogens is 3. The average molecular weight is 447 g/mol. The Labute approximate surface area is 184 Å². The molecule has 1 amide bonds. The lowest BCUT2D eigenvalue weighted by Gasteiger charge is -2.40. The van der Waals surface area contributed by atoms with Crippen LogP contribution in [-0.2, 0) is 0 Å². The van der Waals surface area contributed by atoms with Crippen molar-refractivity contribution in [3.63, 3.8) is 0 Å². The Morgan fingerprint density at radius 3 is 2.56 bits per heavy atom. The highest BCUT2D eigenvalue weighted by Crippen LogP contribution is 2.40. The molecule has 0 radical (unpaired) electrons.